The van der Waals surface area contributed by atoms with Crippen LogP contribution in [0.25, 0.3) is 32.0 Å². The molecule has 0 aliphatic rings. The van der Waals surface area contributed by atoms with Crippen molar-refractivity contribution < 1.29 is 9.90 Å². The Balaban J connectivity index is 1.69. The minimum absolute atomic E-state index is 0.246. The Morgan fingerprint density at radius 2 is 1.92 bits per heavy atom. The Hall–Kier alpha value is -3.25. The van der Waals surface area contributed by atoms with Gasteiger partial charge >= 0.3 is 5.97 Å². The Bertz CT molecular complexity index is 1270. The van der Waals surface area contributed by atoms with Crippen LogP contribution in [0, 0.1) is 0 Å². The third-order valence-corrected chi connectivity index (χ3v) is 5.44. The number of H-pyrrole nitrogens is 1. The Morgan fingerprint density at radius 3 is 2.77 bits per heavy atom. The van der Waals surface area contributed by atoms with Gasteiger partial charge in [0.2, 0.25) is 0 Å². The lowest BCUT2D eigenvalue weighted by Gasteiger charge is -2.06. The molecule has 0 aliphatic carbocycles. The van der Waals surface area contributed by atoms with E-state index in [4.69, 9.17) is 4.98 Å². The molecule has 0 saturated heterocycles. The maximum Gasteiger partial charge on any atom is 0.335 e. The second-order valence-electron chi connectivity index (χ2n) is 6.14. The van der Waals surface area contributed by atoms with Gasteiger partial charge in [-0.15, -0.1) is 11.3 Å². The molecule has 0 spiro atoms. The largest absolute Gasteiger partial charge is 0.478 e. The first-order valence-electron chi connectivity index (χ1n) is 8.16. The molecule has 5 nitrogen and oxygen atoms in total. The number of hydrogen-bond acceptors (Lipinski definition) is 4. The topological polar surface area (TPSA) is 78.9 Å². The van der Waals surface area contributed by atoms with Crippen LogP contribution in [-0.2, 0) is 6.42 Å². The number of aromatic amines is 1. The SMILES string of the molecule is O=C(O)c1ccc2c(c1)nc(Cc1nc3ccccc3[nH]1)c1ccsc12. The number of carbonyl (C=O) groups is 1. The number of rotatable bonds is 3. The van der Waals surface area contributed by atoms with Gasteiger partial charge in [0.1, 0.15) is 5.82 Å². The zero-order valence-corrected chi connectivity index (χ0v) is 14.4. The maximum atomic E-state index is 11.3. The molecule has 0 unspecified atom stereocenters. The number of para-hydroxylation sites is 2. The number of aromatic carboxylic acids is 1. The van der Waals surface area contributed by atoms with Gasteiger partial charge in [-0.1, -0.05) is 18.2 Å². The van der Waals surface area contributed by atoms with E-state index in [2.05, 4.69) is 16.0 Å². The fourth-order valence-electron chi connectivity index (χ4n) is 3.28. The summed E-state index contributed by atoms with van der Waals surface area (Å²) >= 11 is 1.64. The molecule has 2 aromatic carbocycles. The standard InChI is InChI=1S/C20H13N3O2S/c24-20(25)11-5-6-12-16(9-11)21-17(13-7-8-26-19(12)13)10-18-22-14-3-1-2-4-15(14)23-18/h1-9H,10H2,(H,22,23)(H,24,25). The van der Waals surface area contributed by atoms with E-state index in [0.717, 1.165) is 38.0 Å². The lowest BCUT2D eigenvalue weighted by atomic mass is 10.1. The van der Waals surface area contributed by atoms with Gasteiger partial charge in [-0.25, -0.2) is 9.78 Å². The van der Waals surface area contributed by atoms with Gasteiger partial charge in [-0.2, -0.15) is 0 Å². The number of thiophene rings is 1. The molecule has 5 aromatic rings. The molecule has 0 amide bonds. The first-order chi connectivity index (χ1) is 12.7. The van der Waals surface area contributed by atoms with E-state index in [-0.39, 0.29) is 5.56 Å². The zero-order valence-electron chi connectivity index (χ0n) is 13.6. The molecule has 0 atom stereocenters. The van der Waals surface area contributed by atoms with Crippen molar-refractivity contribution >= 4 is 49.3 Å². The van der Waals surface area contributed by atoms with Crippen LogP contribution in [0.5, 0.6) is 0 Å². The number of carboxylic acid groups (broad SMARTS) is 1. The van der Waals surface area contributed by atoms with Crippen LogP contribution >= 0.6 is 11.3 Å². The third-order valence-electron chi connectivity index (χ3n) is 4.49. The van der Waals surface area contributed by atoms with Crippen LogP contribution in [0.15, 0.2) is 53.9 Å². The number of imidazole rings is 1. The summed E-state index contributed by atoms with van der Waals surface area (Å²) in [6.07, 6.45) is 0.565. The number of nitrogens with one attached hydrogen (secondary N) is 1. The average molecular weight is 359 g/mol. The quantitative estimate of drug-likeness (QED) is 0.493. The number of nitrogens with zero attached hydrogens (tertiary/aromatic N) is 2. The summed E-state index contributed by atoms with van der Waals surface area (Å²) in [6.45, 7) is 0. The van der Waals surface area contributed by atoms with E-state index >= 15 is 0 Å². The predicted octanol–water partition coefficient (Wildman–Crippen LogP) is 4.61. The summed E-state index contributed by atoms with van der Waals surface area (Å²) in [7, 11) is 0. The van der Waals surface area contributed by atoms with Crippen LogP contribution in [0.4, 0.5) is 0 Å². The van der Waals surface area contributed by atoms with Gasteiger partial charge in [-0.3, -0.25) is 4.98 Å². The third kappa shape index (κ3) is 2.34. The number of benzene rings is 2. The maximum absolute atomic E-state index is 11.3. The van der Waals surface area contributed by atoms with E-state index < -0.39 is 5.97 Å². The monoisotopic (exact) mass is 359 g/mol. The predicted molar refractivity (Wildman–Crippen MR) is 103 cm³/mol. The van der Waals surface area contributed by atoms with E-state index in [1.807, 2.05) is 35.7 Å². The van der Waals surface area contributed by atoms with Gasteiger partial charge < -0.3 is 10.1 Å². The molecular formula is C20H13N3O2S. The minimum Gasteiger partial charge on any atom is -0.478 e. The molecule has 0 fully saturated rings. The lowest BCUT2D eigenvalue weighted by Crippen LogP contribution is -1.99. The van der Waals surface area contributed by atoms with Crippen molar-refractivity contribution in [2.45, 2.75) is 6.42 Å². The summed E-state index contributed by atoms with van der Waals surface area (Å²) in [5.74, 6) is -0.0984. The van der Waals surface area contributed by atoms with Gasteiger partial charge in [0.25, 0.3) is 0 Å². The average Bonchev–Trinajstić information content (AvgIpc) is 3.28. The van der Waals surface area contributed by atoms with E-state index in [0.29, 0.717) is 11.9 Å². The number of hydrogen-bond donors (Lipinski definition) is 2. The molecule has 6 heteroatoms. The van der Waals surface area contributed by atoms with E-state index in [1.54, 1.807) is 23.5 Å². The van der Waals surface area contributed by atoms with Gasteiger partial charge in [-0.05, 0) is 35.7 Å². The minimum atomic E-state index is -0.946. The molecular weight excluding hydrogens is 346 g/mol. The molecule has 5 rings (SSSR count). The summed E-state index contributed by atoms with van der Waals surface area (Å²) < 4.78 is 1.12. The summed E-state index contributed by atoms with van der Waals surface area (Å²) in [5, 5.41) is 13.4. The first-order valence-corrected chi connectivity index (χ1v) is 9.04. The zero-order chi connectivity index (χ0) is 17.7. The van der Waals surface area contributed by atoms with Crippen molar-refractivity contribution in [1.29, 1.82) is 0 Å². The van der Waals surface area contributed by atoms with Crippen LogP contribution < -0.4 is 0 Å². The second kappa shape index (κ2) is 5.64. The van der Waals surface area contributed by atoms with Crippen molar-refractivity contribution in [3.63, 3.8) is 0 Å². The highest BCUT2D eigenvalue weighted by Gasteiger charge is 2.14. The number of pyridine rings is 1. The molecule has 2 N–H and O–H groups in total. The fraction of sp³-hybridized carbons (Fsp3) is 0.0500. The number of fused-ring (bicyclic) bond motifs is 4. The summed E-state index contributed by atoms with van der Waals surface area (Å²) in [5.41, 5.74) is 3.77. The first kappa shape index (κ1) is 15.0. The van der Waals surface area contributed by atoms with Crippen LogP contribution in [0.1, 0.15) is 21.9 Å². The Kier molecular flexibility index (Phi) is 3.26. The molecule has 0 aliphatic heterocycles. The van der Waals surface area contributed by atoms with Crippen LogP contribution in [0.3, 0.4) is 0 Å². The molecule has 0 saturated carbocycles. The van der Waals surface area contributed by atoms with Crippen molar-refractivity contribution in [3.8, 4) is 0 Å². The number of aromatic nitrogens is 3. The van der Waals surface area contributed by atoms with Crippen molar-refractivity contribution in [1.82, 2.24) is 15.0 Å². The normalized spacial score (nSPS) is 11.5. The molecule has 3 heterocycles. The van der Waals surface area contributed by atoms with Crippen LogP contribution in [-0.4, -0.2) is 26.0 Å². The molecule has 26 heavy (non-hydrogen) atoms. The Labute approximate surface area is 152 Å². The second-order valence-corrected chi connectivity index (χ2v) is 7.05. The summed E-state index contributed by atoms with van der Waals surface area (Å²) in [4.78, 5) is 24.0. The van der Waals surface area contributed by atoms with E-state index in [9.17, 15) is 9.90 Å². The Morgan fingerprint density at radius 1 is 1.04 bits per heavy atom. The van der Waals surface area contributed by atoms with Crippen molar-refractivity contribution in [2.75, 3.05) is 0 Å². The molecule has 0 bridgehead atoms. The highest BCUT2D eigenvalue weighted by Crippen LogP contribution is 2.32. The smallest absolute Gasteiger partial charge is 0.335 e. The molecule has 3 aromatic heterocycles. The molecule has 126 valence electrons. The highest BCUT2D eigenvalue weighted by molar-refractivity contribution is 7.18. The number of carboxylic acids is 1. The lowest BCUT2D eigenvalue weighted by molar-refractivity contribution is 0.0697. The van der Waals surface area contributed by atoms with Crippen molar-refractivity contribution in [2.24, 2.45) is 0 Å². The van der Waals surface area contributed by atoms with Crippen molar-refractivity contribution in [3.05, 3.63) is 71.0 Å². The van der Waals surface area contributed by atoms with Gasteiger partial charge in [0, 0.05) is 21.9 Å². The van der Waals surface area contributed by atoms with Crippen LogP contribution in [0.2, 0.25) is 0 Å². The fourth-order valence-corrected chi connectivity index (χ4v) is 4.24. The molecule has 0 radical (unpaired) electrons. The van der Waals surface area contributed by atoms with Gasteiger partial charge in [0.05, 0.1) is 27.8 Å². The summed E-state index contributed by atoms with van der Waals surface area (Å²) in [6, 6.07) is 15.1. The van der Waals surface area contributed by atoms with E-state index in [1.165, 1.54) is 0 Å². The highest BCUT2D eigenvalue weighted by atomic mass is 32.1. The van der Waals surface area contributed by atoms with Gasteiger partial charge in [0.15, 0.2) is 0 Å².